The minimum Gasteiger partial charge on any atom is -0.354 e. The Morgan fingerprint density at radius 1 is 1.28 bits per heavy atom. The second kappa shape index (κ2) is 5.17. The Hall–Kier alpha value is -0.620. The van der Waals surface area contributed by atoms with Crippen molar-refractivity contribution in [2.75, 3.05) is 18.8 Å². The van der Waals surface area contributed by atoms with Crippen LogP contribution in [-0.4, -0.2) is 38.4 Å². The summed E-state index contributed by atoms with van der Waals surface area (Å²) in [5.74, 6) is 0.208. The van der Waals surface area contributed by atoms with E-state index in [1.807, 2.05) is 0 Å². The molecule has 1 aliphatic carbocycles. The SMILES string of the molecule is NCC1(C(=O)NCC2CCCS2(=O)=O)CCCC1. The van der Waals surface area contributed by atoms with E-state index in [-0.39, 0.29) is 18.2 Å². The number of amides is 1. The zero-order valence-corrected chi connectivity index (χ0v) is 11.5. The second-order valence-corrected chi connectivity index (χ2v) is 7.93. The summed E-state index contributed by atoms with van der Waals surface area (Å²) in [4.78, 5) is 12.2. The van der Waals surface area contributed by atoms with Crippen LogP contribution in [0.3, 0.4) is 0 Å². The molecule has 6 heteroatoms. The minimum atomic E-state index is -2.98. The average Bonchev–Trinajstić information content (AvgIpc) is 2.93. The van der Waals surface area contributed by atoms with E-state index in [1.54, 1.807) is 0 Å². The molecule has 2 fully saturated rings. The highest BCUT2D eigenvalue weighted by molar-refractivity contribution is 7.92. The molecule has 1 saturated heterocycles. The lowest BCUT2D eigenvalue weighted by Crippen LogP contribution is -2.46. The molecule has 3 N–H and O–H groups in total. The average molecular weight is 274 g/mol. The van der Waals surface area contributed by atoms with E-state index in [0.29, 0.717) is 19.4 Å². The number of nitrogens with one attached hydrogen (secondary N) is 1. The van der Waals surface area contributed by atoms with Gasteiger partial charge in [0.1, 0.15) is 0 Å². The first-order valence-corrected chi connectivity index (χ1v) is 8.42. The Labute approximate surface area is 108 Å². The molecule has 2 aliphatic rings. The van der Waals surface area contributed by atoms with Crippen molar-refractivity contribution >= 4 is 15.7 Å². The van der Waals surface area contributed by atoms with E-state index in [1.165, 1.54) is 0 Å². The van der Waals surface area contributed by atoms with Crippen LogP contribution in [0.1, 0.15) is 38.5 Å². The largest absolute Gasteiger partial charge is 0.354 e. The lowest BCUT2D eigenvalue weighted by atomic mass is 9.85. The molecule has 0 aromatic rings. The van der Waals surface area contributed by atoms with Crippen LogP contribution in [0, 0.1) is 5.41 Å². The smallest absolute Gasteiger partial charge is 0.227 e. The van der Waals surface area contributed by atoms with E-state index >= 15 is 0 Å². The van der Waals surface area contributed by atoms with Crippen LogP contribution in [0.2, 0.25) is 0 Å². The number of nitrogens with two attached hydrogens (primary N) is 1. The van der Waals surface area contributed by atoms with Crippen LogP contribution in [-0.2, 0) is 14.6 Å². The lowest BCUT2D eigenvalue weighted by Gasteiger charge is -2.26. The maximum Gasteiger partial charge on any atom is 0.227 e. The Bertz CT molecular complexity index is 413. The molecule has 0 bridgehead atoms. The monoisotopic (exact) mass is 274 g/mol. The first-order valence-electron chi connectivity index (χ1n) is 6.70. The van der Waals surface area contributed by atoms with Crippen molar-refractivity contribution in [3.05, 3.63) is 0 Å². The molecule has 18 heavy (non-hydrogen) atoms. The summed E-state index contributed by atoms with van der Waals surface area (Å²) in [6.45, 7) is 0.610. The van der Waals surface area contributed by atoms with Gasteiger partial charge in [-0.2, -0.15) is 0 Å². The minimum absolute atomic E-state index is 0.0513. The van der Waals surface area contributed by atoms with Gasteiger partial charge < -0.3 is 11.1 Å². The molecule has 0 radical (unpaired) electrons. The van der Waals surface area contributed by atoms with Crippen LogP contribution in [0.25, 0.3) is 0 Å². The summed E-state index contributed by atoms with van der Waals surface area (Å²) in [6, 6.07) is 0. The molecule has 0 spiro atoms. The third kappa shape index (κ3) is 2.54. The fraction of sp³-hybridized carbons (Fsp3) is 0.917. The van der Waals surface area contributed by atoms with Gasteiger partial charge in [-0.1, -0.05) is 12.8 Å². The molecule has 1 amide bonds. The van der Waals surface area contributed by atoms with Crippen LogP contribution in [0.4, 0.5) is 0 Å². The highest BCUT2D eigenvalue weighted by Crippen LogP contribution is 2.37. The van der Waals surface area contributed by atoms with Gasteiger partial charge in [0.05, 0.1) is 16.4 Å². The number of hydrogen-bond acceptors (Lipinski definition) is 4. The van der Waals surface area contributed by atoms with Gasteiger partial charge >= 0.3 is 0 Å². The number of rotatable bonds is 4. The van der Waals surface area contributed by atoms with Crippen molar-refractivity contribution in [1.29, 1.82) is 0 Å². The molecular formula is C12H22N2O3S. The predicted octanol–water partition coefficient (Wildman–Crippen LogP) is 0.199. The number of carbonyl (C=O) groups is 1. The van der Waals surface area contributed by atoms with Gasteiger partial charge in [0.2, 0.25) is 5.91 Å². The van der Waals surface area contributed by atoms with Gasteiger partial charge in [-0.15, -0.1) is 0 Å². The fourth-order valence-electron chi connectivity index (χ4n) is 3.06. The first-order chi connectivity index (χ1) is 8.50. The van der Waals surface area contributed by atoms with Crippen LogP contribution >= 0.6 is 0 Å². The highest BCUT2D eigenvalue weighted by atomic mass is 32.2. The van der Waals surface area contributed by atoms with Crippen molar-refractivity contribution in [3.63, 3.8) is 0 Å². The molecule has 1 atom stereocenters. The molecule has 1 aliphatic heterocycles. The van der Waals surface area contributed by atoms with Crippen molar-refractivity contribution in [2.45, 2.75) is 43.8 Å². The van der Waals surface area contributed by atoms with Crippen molar-refractivity contribution in [1.82, 2.24) is 5.32 Å². The molecule has 104 valence electrons. The maximum absolute atomic E-state index is 12.2. The summed E-state index contributed by atoms with van der Waals surface area (Å²) >= 11 is 0. The fourth-order valence-corrected chi connectivity index (χ4v) is 4.82. The summed E-state index contributed by atoms with van der Waals surface area (Å²) in [5.41, 5.74) is 5.29. The number of carbonyl (C=O) groups excluding carboxylic acids is 1. The maximum atomic E-state index is 12.2. The third-order valence-corrected chi connectivity index (χ3v) is 6.66. The van der Waals surface area contributed by atoms with Gasteiger partial charge in [0.15, 0.2) is 9.84 Å². The van der Waals surface area contributed by atoms with Gasteiger partial charge in [0, 0.05) is 13.1 Å². The molecule has 1 saturated carbocycles. The normalized spacial score (nSPS) is 29.3. The number of hydrogen-bond donors (Lipinski definition) is 2. The van der Waals surface area contributed by atoms with Crippen molar-refractivity contribution < 1.29 is 13.2 Å². The van der Waals surface area contributed by atoms with Gasteiger partial charge in [-0.25, -0.2) is 8.42 Å². The first kappa shape index (κ1) is 13.8. The van der Waals surface area contributed by atoms with Crippen LogP contribution in [0.5, 0.6) is 0 Å². The third-order valence-electron chi connectivity index (χ3n) is 4.39. The molecule has 0 aromatic carbocycles. The standard InChI is InChI=1S/C12H22N2O3S/c13-9-12(5-1-2-6-12)11(15)14-8-10-4-3-7-18(10,16)17/h10H,1-9,13H2,(H,14,15). The van der Waals surface area contributed by atoms with E-state index in [0.717, 1.165) is 25.7 Å². The molecule has 5 nitrogen and oxygen atoms in total. The van der Waals surface area contributed by atoms with E-state index in [2.05, 4.69) is 5.32 Å². The van der Waals surface area contributed by atoms with Crippen LogP contribution in [0.15, 0.2) is 0 Å². The van der Waals surface area contributed by atoms with Crippen molar-refractivity contribution in [3.8, 4) is 0 Å². The van der Waals surface area contributed by atoms with Crippen molar-refractivity contribution in [2.24, 2.45) is 11.1 Å². The molecule has 2 rings (SSSR count). The van der Waals surface area contributed by atoms with Gasteiger partial charge in [-0.3, -0.25) is 4.79 Å². The summed E-state index contributed by atoms with van der Waals surface area (Å²) in [5, 5.41) is 2.42. The predicted molar refractivity (Wildman–Crippen MR) is 69.8 cm³/mol. The van der Waals surface area contributed by atoms with Gasteiger partial charge in [0.25, 0.3) is 0 Å². The Morgan fingerprint density at radius 3 is 2.44 bits per heavy atom. The molecular weight excluding hydrogens is 252 g/mol. The zero-order valence-electron chi connectivity index (χ0n) is 10.7. The zero-order chi connectivity index (χ0) is 13.2. The summed E-state index contributed by atoms with van der Waals surface area (Å²) in [6.07, 6.45) is 5.10. The summed E-state index contributed by atoms with van der Waals surface area (Å²) < 4.78 is 23.3. The summed E-state index contributed by atoms with van der Waals surface area (Å²) in [7, 11) is -2.98. The molecule has 1 unspecified atom stereocenters. The second-order valence-electron chi connectivity index (χ2n) is 5.53. The van der Waals surface area contributed by atoms with E-state index in [9.17, 15) is 13.2 Å². The Kier molecular flexibility index (Phi) is 3.96. The lowest BCUT2D eigenvalue weighted by molar-refractivity contribution is -0.130. The topological polar surface area (TPSA) is 89.3 Å². The van der Waals surface area contributed by atoms with E-state index in [4.69, 9.17) is 5.73 Å². The van der Waals surface area contributed by atoms with E-state index < -0.39 is 20.5 Å². The molecule has 1 heterocycles. The Balaban J connectivity index is 1.92. The quantitative estimate of drug-likeness (QED) is 0.766. The van der Waals surface area contributed by atoms with Crippen LogP contribution < -0.4 is 11.1 Å². The highest BCUT2D eigenvalue weighted by Gasteiger charge is 2.40. The molecule has 0 aromatic heterocycles. The van der Waals surface area contributed by atoms with Gasteiger partial charge in [-0.05, 0) is 25.7 Å². The Morgan fingerprint density at radius 2 is 1.94 bits per heavy atom. The number of sulfone groups is 1.